The Morgan fingerprint density at radius 3 is 1.27 bits per heavy atom. The van der Waals surface area contributed by atoms with Gasteiger partial charge >= 0.3 is 0 Å². The fourth-order valence-electron chi connectivity index (χ4n) is 1.84. The van der Waals surface area contributed by atoms with Gasteiger partial charge < -0.3 is 5.48 Å². The number of rotatable bonds is 11. The van der Waals surface area contributed by atoms with Gasteiger partial charge in [0, 0.05) is 0 Å². The van der Waals surface area contributed by atoms with Crippen LogP contribution in [0.2, 0.25) is 0 Å². The van der Waals surface area contributed by atoms with Gasteiger partial charge in [0.1, 0.15) is 0 Å². The van der Waals surface area contributed by atoms with E-state index in [2.05, 4.69) is 13.8 Å². The molecule has 0 spiro atoms. The van der Waals surface area contributed by atoms with E-state index >= 15 is 0 Å². The molecule has 0 saturated carbocycles. The first-order chi connectivity index (χ1) is 6.91. The van der Waals surface area contributed by atoms with E-state index < -0.39 is 0 Å². The zero-order valence-electron chi connectivity index (χ0n) is 10.7. The van der Waals surface area contributed by atoms with Gasteiger partial charge in [-0.3, -0.25) is 0 Å². The first-order valence-corrected chi connectivity index (χ1v) is 6.71. The Hall–Kier alpha value is -0.0400. The molecule has 0 aromatic rings. The SMILES string of the molecule is O.[CH2]CCCCCCCCCCCCC. The van der Waals surface area contributed by atoms with Gasteiger partial charge in [-0.15, -0.1) is 0 Å². The highest BCUT2D eigenvalue weighted by molar-refractivity contribution is 4.48. The van der Waals surface area contributed by atoms with E-state index in [0.717, 1.165) is 6.42 Å². The molecule has 0 unspecified atom stereocenters. The molecule has 93 valence electrons. The maximum absolute atomic E-state index is 3.86. The monoisotopic (exact) mass is 215 g/mol. The highest BCUT2D eigenvalue weighted by atomic mass is 16.0. The van der Waals surface area contributed by atoms with Crippen LogP contribution < -0.4 is 0 Å². The molecular formula is C14H31O. The topological polar surface area (TPSA) is 31.5 Å². The van der Waals surface area contributed by atoms with Crippen LogP contribution in [0.15, 0.2) is 0 Å². The summed E-state index contributed by atoms with van der Waals surface area (Å²) in [6.45, 7) is 6.14. The zero-order valence-corrected chi connectivity index (χ0v) is 10.7. The number of hydrogen-bond donors (Lipinski definition) is 0. The minimum Gasteiger partial charge on any atom is -0.412 e. The van der Waals surface area contributed by atoms with Crippen LogP contribution >= 0.6 is 0 Å². The highest BCUT2D eigenvalue weighted by Crippen LogP contribution is 2.11. The van der Waals surface area contributed by atoms with Crippen LogP contribution in [0.3, 0.4) is 0 Å². The van der Waals surface area contributed by atoms with Crippen LogP contribution in [0.25, 0.3) is 0 Å². The maximum atomic E-state index is 3.86. The van der Waals surface area contributed by atoms with Crippen molar-refractivity contribution in [2.45, 2.75) is 84.0 Å². The lowest BCUT2D eigenvalue weighted by atomic mass is 10.1. The van der Waals surface area contributed by atoms with Gasteiger partial charge in [0.2, 0.25) is 0 Å². The van der Waals surface area contributed by atoms with Crippen LogP contribution in [0.1, 0.15) is 84.0 Å². The van der Waals surface area contributed by atoms with Crippen LogP contribution in [0.5, 0.6) is 0 Å². The average Bonchev–Trinajstić information content (AvgIpc) is 2.21. The van der Waals surface area contributed by atoms with Crippen LogP contribution in [0.4, 0.5) is 0 Å². The zero-order chi connectivity index (χ0) is 10.5. The van der Waals surface area contributed by atoms with Crippen molar-refractivity contribution >= 4 is 0 Å². The van der Waals surface area contributed by atoms with Crippen molar-refractivity contribution in [2.24, 2.45) is 0 Å². The molecule has 0 aliphatic heterocycles. The summed E-state index contributed by atoms with van der Waals surface area (Å²) in [4.78, 5) is 0. The Labute approximate surface area is 97.0 Å². The molecule has 0 aromatic heterocycles. The van der Waals surface area contributed by atoms with Gasteiger partial charge in [0.15, 0.2) is 0 Å². The van der Waals surface area contributed by atoms with Gasteiger partial charge in [-0.2, -0.15) is 0 Å². The number of unbranched alkanes of at least 4 members (excludes halogenated alkanes) is 11. The Morgan fingerprint density at radius 1 is 0.600 bits per heavy atom. The lowest BCUT2D eigenvalue weighted by Gasteiger charge is -2.01. The molecule has 0 rings (SSSR count). The normalized spacial score (nSPS) is 10.0. The molecule has 2 N–H and O–H groups in total. The summed E-state index contributed by atoms with van der Waals surface area (Å²) in [6, 6.07) is 0. The van der Waals surface area contributed by atoms with E-state index in [-0.39, 0.29) is 5.48 Å². The summed E-state index contributed by atoms with van der Waals surface area (Å²) in [5.41, 5.74) is 0. The van der Waals surface area contributed by atoms with Crippen molar-refractivity contribution in [3.05, 3.63) is 6.92 Å². The third-order valence-corrected chi connectivity index (χ3v) is 2.85. The summed E-state index contributed by atoms with van der Waals surface area (Å²) < 4.78 is 0. The van der Waals surface area contributed by atoms with Crippen molar-refractivity contribution in [1.29, 1.82) is 0 Å². The standard InChI is InChI=1S/C14H29.H2O/c1-3-5-7-9-11-13-14-12-10-8-6-4-2;/h1,3-14H2,2H3;1H2. The molecule has 0 amide bonds. The highest BCUT2D eigenvalue weighted by Gasteiger charge is 1.91. The quantitative estimate of drug-likeness (QED) is 0.448. The molecule has 15 heavy (non-hydrogen) atoms. The average molecular weight is 215 g/mol. The minimum absolute atomic E-state index is 0. The molecular weight excluding hydrogens is 184 g/mol. The third kappa shape index (κ3) is 16.6. The lowest BCUT2D eigenvalue weighted by molar-refractivity contribution is 0.550. The second-order valence-electron chi connectivity index (χ2n) is 4.39. The Morgan fingerprint density at radius 2 is 0.933 bits per heavy atom. The summed E-state index contributed by atoms with van der Waals surface area (Å²) >= 11 is 0. The van der Waals surface area contributed by atoms with E-state index in [9.17, 15) is 0 Å². The predicted molar refractivity (Wildman–Crippen MR) is 70.0 cm³/mol. The third-order valence-electron chi connectivity index (χ3n) is 2.85. The van der Waals surface area contributed by atoms with E-state index in [1.54, 1.807) is 0 Å². The van der Waals surface area contributed by atoms with Crippen LogP contribution in [-0.4, -0.2) is 5.48 Å². The predicted octanol–water partition coefficient (Wildman–Crippen LogP) is 4.70. The molecule has 0 saturated heterocycles. The largest absolute Gasteiger partial charge is 0.412 e. The number of hydrogen-bond acceptors (Lipinski definition) is 0. The molecule has 0 atom stereocenters. The fraction of sp³-hybridized carbons (Fsp3) is 0.929. The molecule has 0 fully saturated rings. The first-order valence-electron chi connectivity index (χ1n) is 6.71. The fourth-order valence-corrected chi connectivity index (χ4v) is 1.84. The van der Waals surface area contributed by atoms with Gasteiger partial charge in [0.05, 0.1) is 0 Å². The second kappa shape index (κ2) is 16.4. The van der Waals surface area contributed by atoms with Gasteiger partial charge in [-0.05, 0) is 0 Å². The minimum atomic E-state index is 0. The Balaban J connectivity index is 0. The second-order valence-corrected chi connectivity index (χ2v) is 4.39. The van der Waals surface area contributed by atoms with Gasteiger partial charge in [-0.1, -0.05) is 90.9 Å². The molecule has 0 aromatic carbocycles. The van der Waals surface area contributed by atoms with Crippen molar-refractivity contribution in [2.75, 3.05) is 0 Å². The van der Waals surface area contributed by atoms with Gasteiger partial charge in [0.25, 0.3) is 0 Å². The smallest absolute Gasteiger partial charge is 0.0533 e. The summed E-state index contributed by atoms with van der Waals surface area (Å²) in [5, 5.41) is 0. The molecule has 0 aliphatic rings. The summed E-state index contributed by atoms with van der Waals surface area (Å²) in [7, 11) is 0. The van der Waals surface area contributed by atoms with Crippen molar-refractivity contribution in [3.8, 4) is 0 Å². The maximum Gasteiger partial charge on any atom is -0.0533 e. The van der Waals surface area contributed by atoms with Crippen LogP contribution in [0, 0.1) is 6.92 Å². The van der Waals surface area contributed by atoms with Crippen LogP contribution in [-0.2, 0) is 0 Å². The van der Waals surface area contributed by atoms with E-state index in [0.29, 0.717) is 0 Å². The molecule has 0 bridgehead atoms. The lowest BCUT2D eigenvalue weighted by Crippen LogP contribution is -1.81. The van der Waals surface area contributed by atoms with E-state index in [1.165, 1.54) is 70.6 Å². The summed E-state index contributed by atoms with van der Waals surface area (Å²) in [6.07, 6.45) is 16.9. The van der Waals surface area contributed by atoms with E-state index in [4.69, 9.17) is 0 Å². The van der Waals surface area contributed by atoms with Crippen molar-refractivity contribution in [1.82, 2.24) is 0 Å². The summed E-state index contributed by atoms with van der Waals surface area (Å²) in [5.74, 6) is 0. The first kappa shape index (κ1) is 17.4. The molecule has 1 radical (unpaired) electrons. The van der Waals surface area contributed by atoms with Crippen molar-refractivity contribution in [3.63, 3.8) is 0 Å². The molecule has 1 nitrogen and oxygen atoms in total. The molecule has 0 aliphatic carbocycles. The molecule has 0 heterocycles. The van der Waals surface area contributed by atoms with Crippen molar-refractivity contribution < 1.29 is 5.48 Å². The van der Waals surface area contributed by atoms with Gasteiger partial charge in [-0.25, -0.2) is 0 Å². The Bertz CT molecular complexity index is 79.3. The molecule has 1 heteroatoms. The Kier molecular flexibility index (Phi) is 19.0. The van der Waals surface area contributed by atoms with E-state index in [1.807, 2.05) is 0 Å².